The van der Waals surface area contributed by atoms with Crippen molar-refractivity contribution < 1.29 is 17.8 Å². The van der Waals surface area contributed by atoms with Gasteiger partial charge in [0.15, 0.2) is 5.78 Å². The second-order valence-corrected chi connectivity index (χ2v) is 6.08. The molecule has 0 aromatic heterocycles. The van der Waals surface area contributed by atoms with Crippen molar-refractivity contribution in [1.29, 1.82) is 0 Å². The standard InChI is InChI=1S/C10H8Cl2N2O4S/c1-5-9(15)4-14(13-5)8-2-7(12)10(3-6(8)11)19(16,17)18/h2-3H,4H2,1H3,(H,16,17,18). The molecule has 0 atom stereocenters. The molecule has 1 aliphatic rings. The van der Waals surface area contributed by atoms with Crippen molar-refractivity contribution in [2.45, 2.75) is 11.8 Å². The number of ketones is 1. The lowest BCUT2D eigenvalue weighted by molar-refractivity contribution is -0.111. The highest BCUT2D eigenvalue weighted by Gasteiger charge is 2.25. The summed E-state index contributed by atoms with van der Waals surface area (Å²) in [5, 5.41) is 5.12. The third-order valence-electron chi connectivity index (χ3n) is 2.52. The summed E-state index contributed by atoms with van der Waals surface area (Å²) in [6.07, 6.45) is 0. The van der Waals surface area contributed by atoms with E-state index in [4.69, 9.17) is 27.8 Å². The molecular formula is C10H8Cl2N2O4S. The van der Waals surface area contributed by atoms with Gasteiger partial charge in [-0.3, -0.25) is 14.4 Å². The molecule has 1 heterocycles. The maximum absolute atomic E-state index is 11.4. The normalized spacial score (nSPS) is 15.9. The van der Waals surface area contributed by atoms with Crippen molar-refractivity contribution >= 4 is 50.5 Å². The van der Waals surface area contributed by atoms with Crippen molar-refractivity contribution in [2.75, 3.05) is 11.6 Å². The molecule has 1 aromatic rings. The predicted octanol–water partition coefficient (Wildman–Crippen LogP) is 2.01. The number of carbonyl (C=O) groups excluding carboxylic acids is 1. The van der Waals surface area contributed by atoms with E-state index in [-0.39, 0.29) is 22.4 Å². The van der Waals surface area contributed by atoms with Crippen molar-refractivity contribution in [3.05, 3.63) is 22.2 Å². The molecule has 102 valence electrons. The van der Waals surface area contributed by atoms with Gasteiger partial charge in [-0.1, -0.05) is 23.2 Å². The molecule has 0 saturated heterocycles. The molecule has 0 saturated carbocycles. The number of Topliss-reactive ketones (excluding diaryl/α,β-unsaturated/α-hetero) is 1. The van der Waals surface area contributed by atoms with Crippen LogP contribution in [0.2, 0.25) is 10.0 Å². The summed E-state index contributed by atoms with van der Waals surface area (Å²) in [6.45, 7) is 1.57. The number of hydrazone groups is 1. The van der Waals surface area contributed by atoms with Crippen LogP contribution >= 0.6 is 23.2 Å². The zero-order chi connectivity index (χ0) is 14.4. The first-order valence-corrected chi connectivity index (χ1v) is 7.22. The highest BCUT2D eigenvalue weighted by atomic mass is 35.5. The van der Waals surface area contributed by atoms with Crippen LogP contribution in [0, 0.1) is 0 Å². The van der Waals surface area contributed by atoms with Crippen LogP contribution in [0.5, 0.6) is 0 Å². The Kier molecular flexibility index (Phi) is 3.57. The largest absolute Gasteiger partial charge is 0.296 e. The van der Waals surface area contributed by atoms with Gasteiger partial charge < -0.3 is 0 Å². The Balaban J connectivity index is 2.51. The number of halogens is 2. The van der Waals surface area contributed by atoms with Crippen LogP contribution in [0.15, 0.2) is 22.1 Å². The monoisotopic (exact) mass is 322 g/mol. The highest BCUT2D eigenvalue weighted by Crippen LogP contribution is 2.35. The van der Waals surface area contributed by atoms with Crippen molar-refractivity contribution in [1.82, 2.24) is 0 Å². The van der Waals surface area contributed by atoms with Crippen LogP contribution in [0.25, 0.3) is 0 Å². The van der Waals surface area contributed by atoms with Crippen molar-refractivity contribution in [2.24, 2.45) is 5.10 Å². The quantitative estimate of drug-likeness (QED) is 0.841. The Morgan fingerprint density at radius 3 is 2.42 bits per heavy atom. The van der Waals surface area contributed by atoms with Crippen molar-refractivity contribution in [3.63, 3.8) is 0 Å². The van der Waals surface area contributed by atoms with E-state index in [1.54, 1.807) is 6.92 Å². The number of benzene rings is 1. The molecule has 19 heavy (non-hydrogen) atoms. The highest BCUT2D eigenvalue weighted by molar-refractivity contribution is 7.86. The average molecular weight is 323 g/mol. The fraction of sp³-hybridized carbons (Fsp3) is 0.200. The van der Waals surface area contributed by atoms with Crippen LogP contribution in [0.4, 0.5) is 5.69 Å². The van der Waals surface area contributed by atoms with Crippen LogP contribution in [-0.2, 0) is 14.9 Å². The van der Waals surface area contributed by atoms with Gasteiger partial charge in [0, 0.05) is 0 Å². The fourth-order valence-corrected chi connectivity index (χ4v) is 2.92. The summed E-state index contributed by atoms with van der Waals surface area (Å²) in [5.41, 5.74) is 0.621. The Morgan fingerprint density at radius 1 is 1.32 bits per heavy atom. The maximum atomic E-state index is 11.4. The molecule has 0 fully saturated rings. The molecule has 9 heteroatoms. The molecule has 6 nitrogen and oxygen atoms in total. The van der Waals surface area contributed by atoms with Gasteiger partial charge in [0.05, 0.1) is 15.7 Å². The van der Waals surface area contributed by atoms with Gasteiger partial charge in [-0.15, -0.1) is 0 Å². The maximum Gasteiger partial charge on any atom is 0.296 e. The minimum absolute atomic E-state index is 0.00705. The van der Waals surface area contributed by atoms with Crippen molar-refractivity contribution in [3.8, 4) is 0 Å². The van der Waals surface area contributed by atoms with Crippen LogP contribution in [0.1, 0.15) is 6.92 Å². The predicted molar refractivity (Wildman–Crippen MR) is 71.7 cm³/mol. The van der Waals surface area contributed by atoms with E-state index in [1.165, 1.54) is 11.1 Å². The molecule has 0 aliphatic carbocycles. The Labute approximate surface area is 119 Å². The Morgan fingerprint density at radius 2 is 1.95 bits per heavy atom. The minimum atomic E-state index is -4.46. The van der Waals surface area contributed by atoms with Gasteiger partial charge in [-0.25, -0.2) is 0 Å². The van der Waals surface area contributed by atoms with Gasteiger partial charge >= 0.3 is 0 Å². The second-order valence-electron chi connectivity index (χ2n) is 3.88. The lowest BCUT2D eigenvalue weighted by Gasteiger charge is -2.15. The van der Waals surface area contributed by atoms with Gasteiger partial charge in [-0.05, 0) is 19.1 Å². The molecule has 0 amide bonds. The molecule has 2 rings (SSSR count). The first-order chi connectivity index (χ1) is 8.70. The summed E-state index contributed by atoms with van der Waals surface area (Å²) in [5.74, 6) is -0.161. The molecule has 0 bridgehead atoms. The number of carbonyl (C=O) groups is 1. The second kappa shape index (κ2) is 4.75. The SMILES string of the molecule is CC1=NN(c2cc(Cl)c(S(=O)(=O)O)cc2Cl)CC1=O. The molecule has 0 unspecified atom stereocenters. The number of anilines is 1. The third-order valence-corrected chi connectivity index (χ3v) is 4.15. The molecule has 1 aromatic carbocycles. The smallest absolute Gasteiger partial charge is 0.291 e. The number of hydrogen-bond donors (Lipinski definition) is 1. The van der Waals surface area contributed by atoms with E-state index in [1.807, 2.05) is 0 Å². The summed E-state index contributed by atoms with van der Waals surface area (Å²) < 4.78 is 31.1. The topological polar surface area (TPSA) is 87.0 Å². The van der Waals surface area contributed by atoms with E-state index in [0.29, 0.717) is 11.4 Å². The lowest BCUT2D eigenvalue weighted by Crippen LogP contribution is -2.18. The lowest BCUT2D eigenvalue weighted by atomic mass is 10.2. The van der Waals surface area contributed by atoms with Crippen LogP contribution in [0.3, 0.4) is 0 Å². The molecular weight excluding hydrogens is 315 g/mol. The van der Waals surface area contributed by atoms with Gasteiger partial charge in [0.1, 0.15) is 17.2 Å². The summed E-state index contributed by atoms with van der Waals surface area (Å²) >= 11 is 11.7. The number of hydrogen-bond acceptors (Lipinski definition) is 5. The van der Waals surface area contributed by atoms with E-state index in [0.717, 1.165) is 6.07 Å². The molecule has 0 spiro atoms. The zero-order valence-corrected chi connectivity index (χ0v) is 11.9. The van der Waals surface area contributed by atoms with Gasteiger partial charge in [0.2, 0.25) is 0 Å². The van der Waals surface area contributed by atoms with E-state index < -0.39 is 15.0 Å². The van der Waals surface area contributed by atoms with Crippen LogP contribution in [-0.4, -0.2) is 31.0 Å². The van der Waals surface area contributed by atoms with E-state index >= 15 is 0 Å². The summed E-state index contributed by atoms with van der Waals surface area (Å²) in [6, 6.07) is 2.25. The van der Waals surface area contributed by atoms with E-state index in [9.17, 15) is 13.2 Å². The Hall–Kier alpha value is -1.15. The number of nitrogens with zero attached hydrogens (tertiary/aromatic N) is 2. The summed E-state index contributed by atoms with van der Waals surface area (Å²) in [4.78, 5) is 10.9. The summed E-state index contributed by atoms with van der Waals surface area (Å²) in [7, 11) is -4.46. The zero-order valence-electron chi connectivity index (χ0n) is 9.59. The van der Waals surface area contributed by atoms with Gasteiger partial charge in [0.25, 0.3) is 10.1 Å². The minimum Gasteiger partial charge on any atom is -0.291 e. The van der Waals surface area contributed by atoms with E-state index in [2.05, 4.69) is 5.10 Å². The molecule has 1 aliphatic heterocycles. The fourth-order valence-electron chi connectivity index (χ4n) is 1.58. The first kappa shape index (κ1) is 14.3. The molecule has 0 radical (unpaired) electrons. The first-order valence-electron chi connectivity index (χ1n) is 5.02. The Bertz CT molecular complexity index is 700. The third kappa shape index (κ3) is 2.74. The van der Waals surface area contributed by atoms with Gasteiger partial charge in [-0.2, -0.15) is 13.5 Å². The number of rotatable bonds is 2. The molecule has 1 N–H and O–H groups in total. The average Bonchev–Trinajstić information content (AvgIpc) is 2.60. The van der Waals surface area contributed by atoms with Crippen LogP contribution < -0.4 is 5.01 Å².